The molecule has 0 spiro atoms. The Labute approximate surface area is 139 Å². The lowest BCUT2D eigenvalue weighted by molar-refractivity contribution is 0.324. The van der Waals surface area contributed by atoms with E-state index in [1.54, 1.807) is 5.56 Å². The van der Waals surface area contributed by atoms with E-state index in [4.69, 9.17) is 0 Å². The van der Waals surface area contributed by atoms with Crippen LogP contribution in [0.15, 0.2) is 30.3 Å². The Bertz CT molecular complexity index is 352. The van der Waals surface area contributed by atoms with Gasteiger partial charge in [0.15, 0.2) is 0 Å². The normalized spacial score (nSPS) is 14.2. The molecule has 0 saturated carbocycles. The van der Waals surface area contributed by atoms with E-state index in [9.17, 15) is 0 Å². The highest BCUT2D eigenvalue weighted by atomic mass is 14.3. The molecule has 0 heteroatoms. The Kier molecular flexibility index (Phi) is 10.3. The molecule has 0 saturated heterocycles. The van der Waals surface area contributed by atoms with Crippen LogP contribution in [-0.2, 0) is 0 Å². The van der Waals surface area contributed by atoms with Crippen molar-refractivity contribution in [2.24, 2.45) is 11.8 Å². The summed E-state index contributed by atoms with van der Waals surface area (Å²) >= 11 is 0. The minimum absolute atomic E-state index is 0.752. The summed E-state index contributed by atoms with van der Waals surface area (Å²) in [5.41, 5.74) is 1.56. The maximum atomic E-state index is 2.39. The summed E-state index contributed by atoms with van der Waals surface area (Å²) in [5.74, 6) is 2.39. The molecule has 0 N–H and O–H groups in total. The van der Waals surface area contributed by atoms with E-state index in [0.29, 0.717) is 0 Å². The van der Waals surface area contributed by atoms with Crippen molar-refractivity contribution in [1.29, 1.82) is 0 Å². The lowest BCUT2D eigenvalue weighted by atomic mass is 9.77. The van der Waals surface area contributed by atoms with Gasteiger partial charge in [0, 0.05) is 0 Å². The molecule has 0 bridgehead atoms. The van der Waals surface area contributed by atoms with Crippen molar-refractivity contribution in [3.63, 3.8) is 0 Å². The second-order valence-electron chi connectivity index (χ2n) is 7.37. The third-order valence-electron chi connectivity index (χ3n) is 4.97. The quantitative estimate of drug-likeness (QED) is 0.349. The molecule has 0 fully saturated rings. The maximum absolute atomic E-state index is 2.39. The van der Waals surface area contributed by atoms with E-state index < -0.39 is 0 Å². The summed E-state index contributed by atoms with van der Waals surface area (Å²) in [6.07, 6.45) is 12.5. The Morgan fingerprint density at radius 2 is 1.45 bits per heavy atom. The van der Waals surface area contributed by atoms with Crippen LogP contribution in [0.25, 0.3) is 0 Å². The van der Waals surface area contributed by atoms with Crippen molar-refractivity contribution in [2.75, 3.05) is 0 Å². The summed E-state index contributed by atoms with van der Waals surface area (Å²) < 4.78 is 0. The molecule has 126 valence electrons. The van der Waals surface area contributed by atoms with Crippen molar-refractivity contribution in [1.82, 2.24) is 0 Å². The zero-order valence-corrected chi connectivity index (χ0v) is 15.5. The van der Waals surface area contributed by atoms with Gasteiger partial charge in [-0.25, -0.2) is 0 Å². The predicted octanol–water partition coefficient (Wildman–Crippen LogP) is 7.59. The number of rotatable bonds is 12. The van der Waals surface area contributed by atoms with E-state index in [0.717, 1.165) is 17.8 Å². The van der Waals surface area contributed by atoms with Crippen LogP contribution in [-0.4, -0.2) is 0 Å². The SMILES string of the molecule is CCCCCCCCC(CC)C(CC(C)C)c1ccccc1. The molecule has 0 aliphatic rings. The van der Waals surface area contributed by atoms with Gasteiger partial charge in [-0.3, -0.25) is 0 Å². The molecule has 22 heavy (non-hydrogen) atoms. The number of hydrogen-bond acceptors (Lipinski definition) is 0. The Hall–Kier alpha value is -0.780. The van der Waals surface area contributed by atoms with Crippen LogP contribution in [0.2, 0.25) is 0 Å². The first kappa shape index (κ1) is 19.3. The molecule has 1 rings (SSSR count). The predicted molar refractivity (Wildman–Crippen MR) is 100 cm³/mol. The van der Waals surface area contributed by atoms with Gasteiger partial charge in [0.25, 0.3) is 0 Å². The highest BCUT2D eigenvalue weighted by Gasteiger charge is 2.22. The Morgan fingerprint density at radius 3 is 2.05 bits per heavy atom. The average molecular weight is 303 g/mol. The van der Waals surface area contributed by atoms with Gasteiger partial charge in [-0.05, 0) is 36.2 Å². The van der Waals surface area contributed by atoms with Crippen molar-refractivity contribution in [3.8, 4) is 0 Å². The first-order valence-electron chi connectivity index (χ1n) is 9.73. The van der Waals surface area contributed by atoms with E-state index >= 15 is 0 Å². The molecule has 0 heterocycles. The topological polar surface area (TPSA) is 0 Å². The summed E-state index contributed by atoms with van der Waals surface area (Å²) in [6.45, 7) is 9.42. The molecule has 0 radical (unpaired) electrons. The molecular weight excluding hydrogens is 264 g/mol. The van der Waals surface area contributed by atoms with Gasteiger partial charge in [0.2, 0.25) is 0 Å². The fourth-order valence-corrected chi connectivity index (χ4v) is 3.69. The third kappa shape index (κ3) is 7.47. The van der Waals surface area contributed by atoms with Crippen LogP contribution in [0.5, 0.6) is 0 Å². The van der Waals surface area contributed by atoms with Crippen molar-refractivity contribution in [2.45, 2.75) is 91.4 Å². The van der Waals surface area contributed by atoms with Crippen LogP contribution in [0.1, 0.15) is 97.0 Å². The lowest BCUT2D eigenvalue weighted by Gasteiger charge is -2.28. The molecule has 2 unspecified atom stereocenters. The van der Waals surface area contributed by atoms with Gasteiger partial charge in [-0.2, -0.15) is 0 Å². The van der Waals surface area contributed by atoms with Crippen LogP contribution in [0.3, 0.4) is 0 Å². The molecule has 0 nitrogen and oxygen atoms in total. The maximum Gasteiger partial charge on any atom is -0.0131 e. The van der Waals surface area contributed by atoms with Gasteiger partial charge < -0.3 is 0 Å². The molecule has 1 aromatic carbocycles. The molecule has 2 atom stereocenters. The molecule has 1 aromatic rings. The average Bonchev–Trinajstić information content (AvgIpc) is 2.53. The van der Waals surface area contributed by atoms with Crippen LogP contribution in [0, 0.1) is 11.8 Å². The zero-order chi connectivity index (χ0) is 16.2. The minimum atomic E-state index is 0.752. The molecule has 0 aliphatic carbocycles. The van der Waals surface area contributed by atoms with Crippen LogP contribution >= 0.6 is 0 Å². The van der Waals surface area contributed by atoms with Gasteiger partial charge in [-0.15, -0.1) is 0 Å². The first-order chi connectivity index (χ1) is 10.7. The summed E-state index contributed by atoms with van der Waals surface area (Å²) in [6, 6.07) is 11.2. The van der Waals surface area contributed by atoms with E-state index in [1.807, 2.05) is 0 Å². The lowest BCUT2D eigenvalue weighted by Crippen LogP contribution is -2.15. The highest BCUT2D eigenvalue weighted by Crippen LogP contribution is 2.36. The Morgan fingerprint density at radius 1 is 0.818 bits per heavy atom. The summed E-state index contributed by atoms with van der Waals surface area (Å²) in [7, 11) is 0. The fourth-order valence-electron chi connectivity index (χ4n) is 3.69. The molecule has 0 amide bonds. The van der Waals surface area contributed by atoms with Crippen LogP contribution in [0.4, 0.5) is 0 Å². The summed E-state index contributed by atoms with van der Waals surface area (Å²) in [4.78, 5) is 0. The zero-order valence-electron chi connectivity index (χ0n) is 15.5. The fraction of sp³-hybridized carbons (Fsp3) is 0.727. The number of hydrogen-bond donors (Lipinski definition) is 0. The largest absolute Gasteiger partial charge is 0.0654 e. The third-order valence-corrected chi connectivity index (χ3v) is 4.97. The van der Waals surface area contributed by atoms with E-state index in [1.165, 1.54) is 57.8 Å². The monoisotopic (exact) mass is 302 g/mol. The Balaban J connectivity index is 2.54. The standard InChI is InChI=1S/C22H38/c1-5-7-8-9-10-12-15-20(6-2)22(18-19(3)4)21-16-13-11-14-17-21/h11,13-14,16-17,19-20,22H,5-10,12,15,18H2,1-4H3. The van der Waals surface area contributed by atoms with Crippen molar-refractivity contribution < 1.29 is 0 Å². The molecular formula is C22H38. The first-order valence-corrected chi connectivity index (χ1v) is 9.73. The van der Waals surface area contributed by atoms with Gasteiger partial charge in [0.1, 0.15) is 0 Å². The smallest absolute Gasteiger partial charge is 0.0131 e. The second kappa shape index (κ2) is 11.7. The van der Waals surface area contributed by atoms with Crippen LogP contribution < -0.4 is 0 Å². The number of benzene rings is 1. The van der Waals surface area contributed by atoms with Gasteiger partial charge in [-0.1, -0.05) is 103 Å². The highest BCUT2D eigenvalue weighted by molar-refractivity contribution is 5.20. The van der Waals surface area contributed by atoms with Gasteiger partial charge in [0.05, 0.1) is 0 Å². The van der Waals surface area contributed by atoms with Crippen molar-refractivity contribution >= 4 is 0 Å². The van der Waals surface area contributed by atoms with E-state index in [2.05, 4.69) is 58.0 Å². The second-order valence-corrected chi connectivity index (χ2v) is 7.37. The van der Waals surface area contributed by atoms with E-state index in [-0.39, 0.29) is 0 Å². The van der Waals surface area contributed by atoms with Gasteiger partial charge >= 0.3 is 0 Å². The minimum Gasteiger partial charge on any atom is -0.0654 e. The summed E-state index contributed by atoms with van der Waals surface area (Å²) in [5, 5.41) is 0. The number of unbranched alkanes of at least 4 members (excludes halogenated alkanes) is 5. The molecule has 0 aliphatic heterocycles. The molecule has 0 aromatic heterocycles. The van der Waals surface area contributed by atoms with Crippen molar-refractivity contribution in [3.05, 3.63) is 35.9 Å².